The zero-order valence-electron chi connectivity index (χ0n) is 11.7. The zero-order valence-corrected chi connectivity index (χ0v) is 13.3. The number of rotatable bonds is 3. The van der Waals surface area contributed by atoms with Gasteiger partial charge < -0.3 is 11.1 Å². The number of amides is 1. The van der Waals surface area contributed by atoms with E-state index < -0.39 is 0 Å². The normalized spacial score (nSPS) is 10.2. The molecule has 0 aliphatic carbocycles. The third kappa shape index (κ3) is 3.60. The second-order valence-corrected chi connectivity index (χ2v) is 5.66. The van der Waals surface area contributed by atoms with Gasteiger partial charge in [0.2, 0.25) is 0 Å². The molecule has 3 nitrogen and oxygen atoms in total. The molecule has 0 heterocycles. The number of benzene rings is 2. The lowest BCUT2D eigenvalue weighted by atomic mass is 10.1. The Morgan fingerprint density at radius 2 is 1.76 bits per heavy atom. The number of hydrogen-bond donors (Lipinski definition) is 2. The van der Waals surface area contributed by atoms with Gasteiger partial charge in [0.25, 0.3) is 5.91 Å². The van der Waals surface area contributed by atoms with Crippen LogP contribution in [-0.2, 0) is 0 Å². The van der Waals surface area contributed by atoms with E-state index in [0.717, 1.165) is 11.1 Å². The lowest BCUT2D eigenvalue weighted by molar-refractivity contribution is 0.102. The number of carbonyl (C=O) groups excluding carboxylic acids is 1. The third-order valence-electron chi connectivity index (χ3n) is 3.27. The van der Waals surface area contributed by atoms with Crippen LogP contribution in [0.25, 0.3) is 0 Å². The molecule has 2 aromatic carbocycles. The fraction of sp³-hybridized carbons (Fsp3) is 0.125. The second kappa shape index (κ2) is 6.24. The van der Waals surface area contributed by atoms with Crippen molar-refractivity contribution < 1.29 is 4.79 Å². The van der Waals surface area contributed by atoms with E-state index in [1.54, 1.807) is 24.3 Å². The summed E-state index contributed by atoms with van der Waals surface area (Å²) in [5.41, 5.74) is 9.54. The minimum Gasteiger partial charge on any atom is -0.389 e. The van der Waals surface area contributed by atoms with Crippen LogP contribution in [0.1, 0.15) is 27.0 Å². The van der Waals surface area contributed by atoms with Gasteiger partial charge in [0.15, 0.2) is 0 Å². The van der Waals surface area contributed by atoms with Crippen molar-refractivity contribution in [3.05, 3.63) is 63.7 Å². The fourth-order valence-electron chi connectivity index (χ4n) is 1.85. The number of halogens is 1. The first-order chi connectivity index (χ1) is 9.88. The van der Waals surface area contributed by atoms with Gasteiger partial charge in [-0.05, 0) is 55.3 Å². The average molecular weight is 319 g/mol. The summed E-state index contributed by atoms with van der Waals surface area (Å²) in [5, 5.41) is 3.18. The molecule has 5 heteroatoms. The number of aryl methyl sites for hydroxylation is 2. The molecule has 2 aromatic rings. The summed E-state index contributed by atoms with van der Waals surface area (Å²) in [6.07, 6.45) is 0. The van der Waals surface area contributed by atoms with Crippen LogP contribution < -0.4 is 11.1 Å². The van der Waals surface area contributed by atoms with Crippen LogP contribution >= 0.6 is 23.8 Å². The number of nitrogens with two attached hydrogens (primary N) is 1. The molecule has 0 unspecified atom stereocenters. The standard InChI is InChI=1S/C16H15ClN2OS/c1-9-3-4-12(7-10(9)2)16(20)19-14-6-5-11(15(18)21)8-13(14)17/h3-8H,1-2H3,(H2,18,21)(H,19,20). The van der Waals surface area contributed by atoms with E-state index in [-0.39, 0.29) is 10.9 Å². The van der Waals surface area contributed by atoms with Crippen LogP contribution in [0.3, 0.4) is 0 Å². The van der Waals surface area contributed by atoms with Gasteiger partial charge >= 0.3 is 0 Å². The maximum atomic E-state index is 12.2. The van der Waals surface area contributed by atoms with Crippen molar-refractivity contribution in [1.29, 1.82) is 0 Å². The highest BCUT2D eigenvalue weighted by Gasteiger charge is 2.10. The minimum atomic E-state index is -0.205. The van der Waals surface area contributed by atoms with Crippen molar-refractivity contribution in [2.24, 2.45) is 5.73 Å². The van der Waals surface area contributed by atoms with Crippen LogP contribution in [0.5, 0.6) is 0 Å². The third-order valence-corrected chi connectivity index (χ3v) is 3.82. The first-order valence-electron chi connectivity index (χ1n) is 6.36. The van der Waals surface area contributed by atoms with Gasteiger partial charge in [-0.1, -0.05) is 29.9 Å². The van der Waals surface area contributed by atoms with Gasteiger partial charge in [0, 0.05) is 11.1 Å². The van der Waals surface area contributed by atoms with E-state index in [0.29, 0.717) is 21.8 Å². The zero-order chi connectivity index (χ0) is 15.6. The van der Waals surface area contributed by atoms with Gasteiger partial charge in [0.05, 0.1) is 10.7 Å². The predicted molar refractivity (Wildman–Crippen MR) is 91.2 cm³/mol. The lowest BCUT2D eigenvalue weighted by Crippen LogP contribution is -2.13. The van der Waals surface area contributed by atoms with Crippen molar-refractivity contribution >= 4 is 40.4 Å². The molecule has 1 amide bonds. The van der Waals surface area contributed by atoms with Gasteiger partial charge in [-0.2, -0.15) is 0 Å². The summed E-state index contributed by atoms with van der Waals surface area (Å²) in [5.74, 6) is -0.205. The predicted octanol–water partition coefficient (Wildman–Crippen LogP) is 3.84. The van der Waals surface area contributed by atoms with Crippen molar-refractivity contribution in [2.45, 2.75) is 13.8 Å². The second-order valence-electron chi connectivity index (χ2n) is 4.81. The molecule has 2 rings (SSSR count). The van der Waals surface area contributed by atoms with Crippen molar-refractivity contribution in [2.75, 3.05) is 5.32 Å². The molecule has 0 aromatic heterocycles. The maximum Gasteiger partial charge on any atom is 0.255 e. The van der Waals surface area contributed by atoms with Crippen molar-refractivity contribution in [3.63, 3.8) is 0 Å². The Bertz CT molecular complexity index is 728. The first-order valence-corrected chi connectivity index (χ1v) is 7.15. The first kappa shape index (κ1) is 15.5. The van der Waals surface area contributed by atoms with E-state index in [1.807, 2.05) is 26.0 Å². The van der Waals surface area contributed by atoms with Crippen LogP contribution in [0, 0.1) is 13.8 Å². The van der Waals surface area contributed by atoms with Gasteiger partial charge in [-0.25, -0.2) is 0 Å². The highest BCUT2D eigenvalue weighted by molar-refractivity contribution is 7.80. The lowest BCUT2D eigenvalue weighted by Gasteiger charge is -2.10. The highest BCUT2D eigenvalue weighted by atomic mass is 35.5. The van der Waals surface area contributed by atoms with E-state index in [1.165, 1.54) is 0 Å². The SMILES string of the molecule is Cc1ccc(C(=O)Nc2ccc(C(N)=S)cc2Cl)cc1C. The molecule has 0 aliphatic rings. The molecule has 21 heavy (non-hydrogen) atoms. The number of thiocarbonyl (C=S) groups is 1. The van der Waals surface area contributed by atoms with E-state index in [9.17, 15) is 4.79 Å². The van der Waals surface area contributed by atoms with Gasteiger partial charge in [0.1, 0.15) is 4.99 Å². The molecular formula is C16H15ClN2OS. The quantitative estimate of drug-likeness (QED) is 0.845. The largest absolute Gasteiger partial charge is 0.389 e. The molecular weight excluding hydrogens is 304 g/mol. The number of hydrogen-bond acceptors (Lipinski definition) is 2. The van der Waals surface area contributed by atoms with Gasteiger partial charge in [-0.15, -0.1) is 0 Å². The Morgan fingerprint density at radius 3 is 2.33 bits per heavy atom. The van der Waals surface area contributed by atoms with Crippen LogP contribution in [-0.4, -0.2) is 10.9 Å². The molecule has 0 spiro atoms. The van der Waals surface area contributed by atoms with E-state index in [2.05, 4.69) is 5.32 Å². The van der Waals surface area contributed by atoms with Gasteiger partial charge in [-0.3, -0.25) is 4.79 Å². The smallest absolute Gasteiger partial charge is 0.255 e. The Balaban J connectivity index is 2.23. The Morgan fingerprint density at radius 1 is 1.10 bits per heavy atom. The topological polar surface area (TPSA) is 55.1 Å². The molecule has 0 radical (unpaired) electrons. The number of carbonyl (C=O) groups is 1. The van der Waals surface area contributed by atoms with Crippen LogP contribution in [0.2, 0.25) is 5.02 Å². The maximum absolute atomic E-state index is 12.2. The van der Waals surface area contributed by atoms with Crippen LogP contribution in [0.4, 0.5) is 5.69 Å². The summed E-state index contributed by atoms with van der Waals surface area (Å²) in [6.45, 7) is 3.97. The van der Waals surface area contributed by atoms with E-state index >= 15 is 0 Å². The summed E-state index contributed by atoms with van der Waals surface area (Å²) in [7, 11) is 0. The molecule has 3 N–H and O–H groups in total. The van der Waals surface area contributed by atoms with E-state index in [4.69, 9.17) is 29.6 Å². The fourth-order valence-corrected chi connectivity index (χ4v) is 2.20. The average Bonchev–Trinajstić information content (AvgIpc) is 2.43. The monoisotopic (exact) mass is 318 g/mol. The number of nitrogens with one attached hydrogen (secondary N) is 1. The molecule has 0 saturated heterocycles. The van der Waals surface area contributed by atoms with Crippen molar-refractivity contribution in [1.82, 2.24) is 0 Å². The minimum absolute atomic E-state index is 0.205. The molecule has 108 valence electrons. The summed E-state index contributed by atoms with van der Waals surface area (Å²) in [4.78, 5) is 12.5. The summed E-state index contributed by atoms with van der Waals surface area (Å²) >= 11 is 11.0. The Labute approximate surface area is 134 Å². The summed E-state index contributed by atoms with van der Waals surface area (Å²) in [6, 6.07) is 10.6. The Hall–Kier alpha value is -1.91. The molecule has 0 saturated carbocycles. The van der Waals surface area contributed by atoms with Crippen molar-refractivity contribution in [3.8, 4) is 0 Å². The van der Waals surface area contributed by atoms with Crippen LogP contribution in [0.15, 0.2) is 36.4 Å². The molecule has 0 bridgehead atoms. The molecule has 0 atom stereocenters. The molecule has 0 aliphatic heterocycles. The summed E-state index contributed by atoms with van der Waals surface area (Å²) < 4.78 is 0. The highest BCUT2D eigenvalue weighted by Crippen LogP contribution is 2.24. The molecule has 0 fully saturated rings. The Kier molecular flexibility index (Phi) is 4.60. The number of anilines is 1.